The van der Waals surface area contributed by atoms with Gasteiger partial charge < -0.3 is 9.88 Å². The fourth-order valence-corrected chi connectivity index (χ4v) is 2.00. The molecule has 1 N–H and O–H groups in total. The van der Waals surface area contributed by atoms with E-state index in [0.29, 0.717) is 11.6 Å². The highest BCUT2D eigenvalue weighted by atomic mass is 35.5. The number of nitrogens with zero attached hydrogens (tertiary/aromatic N) is 2. The van der Waals surface area contributed by atoms with E-state index in [2.05, 4.69) is 10.3 Å². The van der Waals surface area contributed by atoms with Gasteiger partial charge in [0.1, 0.15) is 0 Å². The lowest BCUT2D eigenvalue weighted by Gasteiger charge is -2.05. The smallest absolute Gasteiger partial charge is 0.0953 e. The maximum atomic E-state index is 6.11. The topological polar surface area (TPSA) is 29.9 Å². The summed E-state index contributed by atoms with van der Waals surface area (Å²) in [5, 5.41) is 4.47. The third-order valence-corrected chi connectivity index (χ3v) is 3.01. The predicted octanol–water partition coefficient (Wildman–Crippen LogP) is 2.96. The molecule has 0 fully saturated rings. The van der Waals surface area contributed by atoms with Gasteiger partial charge in [-0.1, -0.05) is 23.2 Å². The molecular formula is C12H13Cl2N3. The molecule has 1 heterocycles. The molecule has 0 saturated heterocycles. The van der Waals surface area contributed by atoms with Gasteiger partial charge in [0.25, 0.3) is 0 Å². The number of halogens is 2. The maximum absolute atomic E-state index is 6.11. The van der Waals surface area contributed by atoms with Gasteiger partial charge in [0.15, 0.2) is 0 Å². The fourth-order valence-electron chi connectivity index (χ4n) is 1.63. The first kappa shape index (κ1) is 12.4. The van der Waals surface area contributed by atoms with Gasteiger partial charge >= 0.3 is 0 Å². The van der Waals surface area contributed by atoms with E-state index in [1.165, 1.54) is 0 Å². The first-order valence-electron chi connectivity index (χ1n) is 5.28. The molecule has 17 heavy (non-hydrogen) atoms. The van der Waals surface area contributed by atoms with Crippen LogP contribution in [0.2, 0.25) is 10.0 Å². The molecule has 0 amide bonds. The predicted molar refractivity (Wildman–Crippen MR) is 70.6 cm³/mol. The Kier molecular flexibility index (Phi) is 4.05. The summed E-state index contributed by atoms with van der Waals surface area (Å²) < 4.78 is 1.99. The summed E-state index contributed by atoms with van der Waals surface area (Å²) in [5.41, 5.74) is 2.00. The summed E-state index contributed by atoms with van der Waals surface area (Å²) in [6, 6.07) is 5.47. The molecule has 0 aliphatic rings. The molecule has 5 heteroatoms. The number of benzene rings is 1. The minimum Gasteiger partial charge on any atom is -0.333 e. The summed E-state index contributed by atoms with van der Waals surface area (Å²) in [6.07, 6.45) is 3.79. The Balaban J connectivity index is 2.16. The van der Waals surface area contributed by atoms with Gasteiger partial charge in [0.2, 0.25) is 0 Å². The Morgan fingerprint density at radius 1 is 1.35 bits per heavy atom. The minimum atomic E-state index is 0.677. The lowest BCUT2D eigenvalue weighted by molar-refractivity contribution is 0.782. The molecule has 2 aromatic rings. The van der Waals surface area contributed by atoms with Gasteiger partial charge in [0, 0.05) is 22.8 Å². The SMILES string of the molecule is CNCc1cn(Cc2cc(Cl)ccc2Cl)cn1. The molecule has 3 nitrogen and oxygen atoms in total. The van der Waals surface area contributed by atoms with Gasteiger partial charge in [-0.2, -0.15) is 0 Å². The Morgan fingerprint density at radius 3 is 2.94 bits per heavy atom. The van der Waals surface area contributed by atoms with Crippen LogP contribution in [-0.4, -0.2) is 16.6 Å². The highest BCUT2D eigenvalue weighted by Crippen LogP contribution is 2.21. The van der Waals surface area contributed by atoms with Crippen LogP contribution in [0.4, 0.5) is 0 Å². The molecule has 0 unspecified atom stereocenters. The van der Waals surface area contributed by atoms with Crippen LogP contribution in [0.5, 0.6) is 0 Å². The van der Waals surface area contributed by atoms with E-state index in [1.54, 1.807) is 12.4 Å². The first-order chi connectivity index (χ1) is 8.19. The highest BCUT2D eigenvalue weighted by Gasteiger charge is 2.03. The van der Waals surface area contributed by atoms with Crippen LogP contribution < -0.4 is 5.32 Å². The average Bonchev–Trinajstić information content (AvgIpc) is 2.72. The molecule has 0 bridgehead atoms. The molecule has 0 atom stereocenters. The van der Waals surface area contributed by atoms with Crippen molar-refractivity contribution in [3.8, 4) is 0 Å². The van der Waals surface area contributed by atoms with Crippen molar-refractivity contribution in [3.05, 3.63) is 52.0 Å². The lowest BCUT2D eigenvalue weighted by atomic mass is 10.2. The highest BCUT2D eigenvalue weighted by molar-refractivity contribution is 6.33. The maximum Gasteiger partial charge on any atom is 0.0953 e. The van der Waals surface area contributed by atoms with E-state index >= 15 is 0 Å². The zero-order chi connectivity index (χ0) is 12.3. The molecule has 0 aliphatic carbocycles. The van der Waals surface area contributed by atoms with Crippen molar-refractivity contribution < 1.29 is 0 Å². The summed E-state index contributed by atoms with van der Waals surface area (Å²) in [6.45, 7) is 1.44. The quantitative estimate of drug-likeness (QED) is 0.925. The third-order valence-electron chi connectivity index (χ3n) is 2.41. The van der Waals surface area contributed by atoms with Crippen LogP contribution in [0.15, 0.2) is 30.7 Å². The Bertz CT molecular complexity index is 508. The second kappa shape index (κ2) is 5.54. The van der Waals surface area contributed by atoms with Gasteiger partial charge in [-0.05, 0) is 30.8 Å². The van der Waals surface area contributed by atoms with Crippen molar-refractivity contribution in [2.24, 2.45) is 0 Å². The molecule has 0 spiro atoms. The molecule has 0 saturated carbocycles. The molecular weight excluding hydrogens is 257 g/mol. The normalized spacial score (nSPS) is 10.8. The van der Waals surface area contributed by atoms with Crippen LogP contribution in [0.25, 0.3) is 0 Å². The number of rotatable bonds is 4. The monoisotopic (exact) mass is 269 g/mol. The van der Waals surface area contributed by atoms with Crippen LogP contribution in [0, 0.1) is 0 Å². The zero-order valence-corrected chi connectivity index (χ0v) is 11.0. The van der Waals surface area contributed by atoms with E-state index in [1.807, 2.05) is 29.9 Å². The van der Waals surface area contributed by atoms with Crippen LogP contribution in [0.1, 0.15) is 11.3 Å². The fraction of sp³-hybridized carbons (Fsp3) is 0.250. The second-order valence-corrected chi connectivity index (χ2v) is 4.65. The summed E-state index contributed by atoms with van der Waals surface area (Å²) in [5.74, 6) is 0. The van der Waals surface area contributed by atoms with E-state index in [9.17, 15) is 0 Å². The lowest BCUT2D eigenvalue weighted by Crippen LogP contribution is -2.05. The second-order valence-electron chi connectivity index (χ2n) is 3.80. The van der Waals surface area contributed by atoms with Crippen LogP contribution in [0.3, 0.4) is 0 Å². The van der Waals surface area contributed by atoms with Gasteiger partial charge in [0.05, 0.1) is 18.6 Å². The molecule has 90 valence electrons. The summed E-state index contributed by atoms with van der Waals surface area (Å²) in [4.78, 5) is 4.28. The van der Waals surface area contributed by atoms with E-state index in [4.69, 9.17) is 23.2 Å². The Hall–Kier alpha value is -1.03. The first-order valence-corrected chi connectivity index (χ1v) is 6.04. The van der Waals surface area contributed by atoms with Crippen molar-refractivity contribution in [1.82, 2.24) is 14.9 Å². The van der Waals surface area contributed by atoms with Crippen molar-refractivity contribution >= 4 is 23.2 Å². The van der Waals surface area contributed by atoms with Crippen molar-refractivity contribution in [2.75, 3.05) is 7.05 Å². The number of imidazole rings is 1. The van der Waals surface area contributed by atoms with E-state index in [-0.39, 0.29) is 0 Å². The van der Waals surface area contributed by atoms with Crippen LogP contribution >= 0.6 is 23.2 Å². The number of hydrogen-bond acceptors (Lipinski definition) is 2. The largest absolute Gasteiger partial charge is 0.333 e. The number of hydrogen-bond donors (Lipinski definition) is 1. The van der Waals surface area contributed by atoms with Gasteiger partial charge in [-0.3, -0.25) is 0 Å². The number of nitrogens with one attached hydrogen (secondary N) is 1. The van der Waals surface area contributed by atoms with Crippen molar-refractivity contribution in [2.45, 2.75) is 13.1 Å². The number of aromatic nitrogens is 2. The molecule has 1 aromatic heterocycles. The standard InChI is InChI=1S/C12H13Cl2N3/c1-15-5-11-7-17(8-16-11)6-9-4-10(13)2-3-12(9)14/h2-4,7-8,15H,5-6H2,1H3. The molecule has 0 aliphatic heterocycles. The van der Waals surface area contributed by atoms with Gasteiger partial charge in [-0.25, -0.2) is 4.98 Å². The van der Waals surface area contributed by atoms with Crippen LogP contribution in [-0.2, 0) is 13.1 Å². The zero-order valence-electron chi connectivity index (χ0n) is 9.45. The third kappa shape index (κ3) is 3.22. The van der Waals surface area contributed by atoms with E-state index in [0.717, 1.165) is 22.8 Å². The molecule has 0 radical (unpaired) electrons. The summed E-state index contributed by atoms with van der Waals surface area (Å²) >= 11 is 12.1. The van der Waals surface area contributed by atoms with Crippen molar-refractivity contribution in [3.63, 3.8) is 0 Å². The minimum absolute atomic E-state index is 0.677. The molecule has 2 rings (SSSR count). The average molecular weight is 270 g/mol. The Labute approximate surface area is 110 Å². The Morgan fingerprint density at radius 2 is 2.18 bits per heavy atom. The molecule has 1 aromatic carbocycles. The van der Waals surface area contributed by atoms with Crippen molar-refractivity contribution in [1.29, 1.82) is 0 Å². The van der Waals surface area contributed by atoms with Gasteiger partial charge in [-0.15, -0.1) is 0 Å². The van der Waals surface area contributed by atoms with E-state index < -0.39 is 0 Å². The summed E-state index contributed by atoms with van der Waals surface area (Å²) in [7, 11) is 1.90.